The van der Waals surface area contributed by atoms with Crippen molar-refractivity contribution < 1.29 is 18.4 Å². The summed E-state index contributed by atoms with van der Waals surface area (Å²) in [5.74, 6) is 2.05. The monoisotopic (exact) mass is 458 g/mol. The molecule has 0 aliphatic carbocycles. The molecule has 6 nitrogen and oxygen atoms in total. The topological polar surface area (TPSA) is 67.8 Å². The number of aryl methyl sites for hydroxylation is 1. The second-order valence-electron chi connectivity index (χ2n) is 8.62. The highest BCUT2D eigenvalue weighted by molar-refractivity contribution is 5.96. The lowest BCUT2D eigenvalue weighted by atomic mass is 9.98. The summed E-state index contributed by atoms with van der Waals surface area (Å²) in [5.41, 5.74) is 4.28. The summed E-state index contributed by atoms with van der Waals surface area (Å²) < 4.78 is 17.1. The first-order valence-corrected chi connectivity index (χ1v) is 11.3. The fourth-order valence-electron chi connectivity index (χ4n) is 3.71. The first-order valence-electron chi connectivity index (χ1n) is 11.3. The standard InChI is InChI=1S/C28H30N2O4/c1-19-9-10-24(32-14-11-30(3)4)18-25(19)28(31)29-20(2)21-15-22(26-7-5-12-33-26)17-23(16-21)27-8-6-13-34-27/h5-10,12-13,15-18,20H,11,14H2,1-4H3,(H,29,31)/t20-/m1/s1. The van der Waals surface area contributed by atoms with Crippen molar-refractivity contribution in [2.45, 2.75) is 19.9 Å². The zero-order valence-corrected chi connectivity index (χ0v) is 20.0. The van der Waals surface area contributed by atoms with Gasteiger partial charge in [-0.25, -0.2) is 0 Å². The number of amides is 1. The minimum atomic E-state index is -0.242. The Kier molecular flexibility index (Phi) is 7.18. The fourth-order valence-corrected chi connectivity index (χ4v) is 3.71. The zero-order valence-electron chi connectivity index (χ0n) is 20.0. The maximum Gasteiger partial charge on any atom is 0.252 e. The Bertz CT molecular complexity index is 1180. The molecule has 1 amide bonds. The number of carbonyl (C=O) groups is 1. The summed E-state index contributed by atoms with van der Waals surface area (Å²) in [5, 5.41) is 3.14. The van der Waals surface area contributed by atoms with E-state index in [0.29, 0.717) is 17.9 Å². The van der Waals surface area contributed by atoms with Crippen LogP contribution in [0.2, 0.25) is 0 Å². The molecule has 2 aromatic carbocycles. The smallest absolute Gasteiger partial charge is 0.252 e. The number of likely N-dealkylation sites (N-methyl/N-ethyl adjacent to an activating group) is 1. The molecule has 176 valence electrons. The molecule has 0 unspecified atom stereocenters. The molecule has 0 aliphatic rings. The highest BCUT2D eigenvalue weighted by Gasteiger charge is 2.17. The van der Waals surface area contributed by atoms with Gasteiger partial charge in [0.15, 0.2) is 0 Å². The first kappa shape index (κ1) is 23.4. The summed E-state index contributed by atoms with van der Waals surface area (Å²) in [4.78, 5) is 15.3. The van der Waals surface area contributed by atoms with Crippen LogP contribution in [0, 0.1) is 6.92 Å². The third kappa shape index (κ3) is 5.58. The SMILES string of the molecule is Cc1ccc(OCCN(C)C)cc1C(=O)N[C@H](C)c1cc(-c2ccco2)cc(-c2ccco2)c1. The third-order valence-corrected chi connectivity index (χ3v) is 5.68. The number of benzene rings is 2. The fraction of sp³-hybridized carbons (Fsp3) is 0.250. The minimum absolute atomic E-state index is 0.147. The number of rotatable bonds is 9. The number of hydrogen-bond acceptors (Lipinski definition) is 5. The van der Waals surface area contributed by atoms with E-state index in [9.17, 15) is 4.79 Å². The van der Waals surface area contributed by atoms with Gasteiger partial charge in [0.1, 0.15) is 23.9 Å². The van der Waals surface area contributed by atoms with Crippen molar-refractivity contribution in [3.8, 4) is 28.4 Å². The van der Waals surface area contributed by atoms with Crippen LogP contribution in [0.1, 0.15) is 34.5 Å². The van der Waals surface area contributed by atoms with Gasteiger partial charge in [-0.1, -0.05) is 6.07 Å². The van der Waals surface area contributed by atoms with E-state index in [2.05, 4.69) is 10.2 Å². The molecule has 4 aromatic rings. The van der Waals surface area contributed by atoms with Gasteiger partial charge in [0.2, 0.25) is 0 Å². The van der Waals surface area contributed by atoms with Crippen LogP contribution in [-0.4, -0.2) is 38.1 Å². The lowest BCUT2D eigenvalue weighted by Gasteiger charge is -2.18. The number of hydrogen-bond donors (Lipinski definition) is 1. The molecule has 0 aliphatic heterocycles. The molecular weight excluding hydrogens is 428 g/mol. The van der Waals surface area contributed by atoms with Crippen molar-refractivity contribution in [3.05, 3.63) is 89.9 Å². The van der Waals surface area contributed by atoms with E-state index in [-0.39, 0.29) is 11.9 Å². The van der Waals surface area contributed by atoms with Crippen LogP contribution in [0.5, 0.6) is 5.75 Å². The summed E-state index contributed by atoms with van der Waals surface area (Å²) in [6, 6.07) is 19.0. The summed E-state index contributed by atoms with van der Waals surface area (Å²) in [6.45, 7) is 5.26. The Morgan fingerprint density at radius 2 is 1.62 bits per heavy atom. The van der Waals surface area contributed by atoms with Gasteiger partial charge in [-0.15, -0.1) is 0 Å². The quantitative estimate of drug-likeness (QED) is 0.336. The first-order chi connectivity index (χ1) is 16.4. The van der Waals surface area contributed by atoms with Crippen LogP contribution in [0.3, 0.4) is 0 Å². The van der Waals surface area contributed by atoms with Gasteiger partial charge >= 0.3 is 0 Å². The van der Waals surface area contributed by atoms with Gasteiger partial charge in [0, 0.05) is 23.2 Å². The predicted octanol–water partition coefficient (Wildman–Crippen LogP) is 5.95. The average Bonchev–Trinajstić information content (AvgIpc) is 3.54. The molecule has 0 radical (unpaired) electrons. The zero-order chi connectivity index (χ0) is 24.1. The van der Waals surface area contributed by atoms with Crippen molar-refractivity contribution >= 4 is 5.91 Å². The predicted molar refractivity (Wildman–Crippen MR) is 133 cm³/mol. The molecule has 0 spiro atoms. The normalized spacial score (nSPS) is 12.0. The van der Waals surface area contributed by atoms with Crippen molar-refractivity contribution in [3.63, 3.8) is 0 Å². The molecule has 1 N–H and O–H groups in total. The minimum Gasteiger partial charge on any atom is -0.492 e. The van der Waals surface area contributed by atoms with Crippen LogP contribution in [0.15, 0.2) is 82.0 Å². The van der Waals surface area contributed by atoms with E-state index < -0.39 is 0 Å². The average molecular weight is 459 g/mol. The van der Waals surface area contributed by atoms with Crippen LogP contribution in [0.4, 0.5) is 0 Å². The van der Waals surface area contributed by atoms with Gasteiger partial charge in [0.25, 0.3) is 5.91 Å². The van der Waals surface area contributed by atoms with Crippen molar-refractivity contribution in [2.75, 3.05) is 27.2 Å². The van der Waals surface area contributed by atoms with E-state index in [1.54, 1.807) is 18.6 Å². The molecule has 34 heavy (non-hydrogen) atoms. The van der Waals surface area contributed by atoms with E-state index in [4.69, 9.17) is 13.6 Å². The van der Waals surface area contributed by atoms with Gasteiger partial charge in [-0.2, -0.15) is 0 Å². The largest absolute Gasteiger partial charge is 0.492 e. The van der Waals surface area contributed by atoms with E-state index in [1.165, 1.54) is 0 Å². The molecule has 1 atom stereocenters. The summed E-state index contributed by atoms with van der Waals surface area (Å²) in [7, 11) is 3.99. The van der Waals surface area contributed by atoms with Crippen molar-refractivity contribution in [1.29, 1.82) is 0 Å². The number of carbonyl (C=O) groups excluding carboxylic acids is 1. The van der Waals surface area contributed by atoms with Crippen LogP contribution in [-0.2, 0) is 0 Å². The lowest BCUT2D eigenvalue weighted by Crippen LogP contribution is -2.27. The van der Waals surface area contributed by atoms with Gasteiger partial charge in [0.05, 0.1) is 18.6 Å². The highest BCUT2D eigenvalue weighted by atomic mass is 16.5. The molecule has 2 heterocycles. The lowest BCUT2D eigenvalue weighted by molar-refractivity contribution is 0.0938. The number of ether oxygens (including phenoxy) is 1. The Hall–Kier alpha value is -3.77. The number of nitrogens with zero attached hydrogens (tertiary/aromatic N) is 1. The van der Waals surface area contributed by atoms with E-state index >= 15 is 0 Å². The molecule has 0 saturated carbocycles. The molecular formula is C28H30N2O4. The van der Waals surface area contributed by atoms with Gasteiger partial charge in [-0.3, -0.25) is 4.79 Å². The number of furan rings is 2. The van der Waals surface area contributed by atoms with Gasteiger partial charge < -0.3 is 23.8 Å². The maximum atomic E-state index is 13.2. The number of nitrogens with one attached hydrogen (secondary N) is 1. The highest BCUT2D eigenvalue weighted by Crippen LogP contribution is 2.31. The Labute approximate surface area is 200 Å². The molecule has 0 saturated heterocycles. The summed E-state index contributed by atoms with van der Waals surface area (Å²) in [6.07, 6.45) is 3.30. The van der Waals surface area contributed by atoms with Crippen LogP contribution >= 0.6 is 0 Å². The summed E-state index contributed by atoms with van der Waals surface area (Å²) >= 11 is 0. The maximum absolute atomic E-state index is 13.2. The molecule has 2 aromatic heterocycles. The van der Waals surface area contributed by atoms with Gasteiger partial charge in [-0.05, 0) is 93.7 Å². The second kappa shape index (κ2) is 10.4. The third-order valence-electron chi connectivity index (χ3n) is 5.68. The van der Waals surface area contributed by atoms with E-state index in [0.717, 1.165) is 40.3 Å². The Morgan fingerprint density at radius 1 is 0.971 bits per heavy atom. The molecule has 0 bridgehead atoms. The van der Waals surface area contributed by atoms with Crippen molar-refractivity contribution in [1.82, 2.24) is 10.2 Å². The molecule has 0 fully saturated rings. The molecule has 6 heteroatoms. The Balaban J connectivity index is 1.56. The second-order valence-corrected chi connectivity index (χ2v) is 8.62. The van der Waals surface area contributed by atoms with E-state index in [1.807, 2.05) is 82.5 Å². The Morgan fingerprint density at radius 3 is 2.18 bits per heavy atom. The van der Waals surface area contributed by atoms with Crippen LogP contribution < -0.4 is 10.1 Å². The molecule has 4 rings (SSSR count). The van der Waals surface area contributed by atoms with Crippen LogP contribution in [0.25, 0.3) is 22.6 Å². The van der Waals surface area contributed by atoms with Crippen molar-refractivity contribution in [2.24, 2.45) is 0 Å².